The normalized spacial score (nSPS) is 10.3. The Morgan fingerprint density at radius 3 is 2.87 bits per heavy atom. The highest BCUT2D eigenvalue weighted by Gasteiger charge is 2.07. The summed E-state index contributed by atoms with van der Waals surface area (Å²) in [5.74, 6) is 0.659. The summed E-state index contributed by atoms with van der Waals surface area (Å²) >= 11 is 0. The molecule has 2 rings (SSSR count). The number of rotatable bonds is 1. The van der Waals surface area contributed by atoms with Crippen molar-refractivity contribution < 1.29 is 4.79 Å². The molecule has 2 heterocycles. The lowest BCUT2D eigenvalue weighted by Gasteiger charge is -2.04. The molecule has 0 aliphatic rings. The lowest BCUT2D eigenvalue weighted by molar-refractivity contribution is 0.253. The topological polar surface area (TPSA) is 64.7 Å². The van der Waals surface area contributed by atoms with Crippen molar-refractivity contribution in [2.24, 2.45) is 7.05 Å². The molecule has 0 aliphatic carbocycles. The standard InChI is InChI=1S/C9H11N5O/c1-7-5-8(13(2)12-7)11-9(15)14-4-3-10-6-14/h3-6H,1-2H3,(H,11,15). The first-order valence-electron chi connectivity index (χ1n) is 4.47. The van der Waals surface area contributed by atoms with Crippen LogP contribution < -0.4 is 5.32 Å². The van der Waals surface area contributed by atoms with Crippen molar-refractivity contribution in [3.8, 4) is 0 Å². The van der Waals surface area contributed by atoms with Gasteiger partial charge in [0, 0.05) is 25.5 Å². The molecule has 0 fully saturated rings. The van der Waals surface area contributed by atoms with E-state index in [1.165, 1.54) is 10.9 Å². The second kappa shape index (κ2) is 3.56. The highest BCUT2D eigenvalue weighted by Crippen LogP contribution is 2.08. The number of carbonyl (C=O) groups is 1. The third kappa shape index (κ3) is 1.88. The Morgan fingerprint density at radius 2 is 2.33 bits per heavy atom. The third-order valence-electron chi connectivity index (χ3n) is 1.98. The van der Waals surface area contributed by atoms with Gasteiger partial charge in [0.25, 0.3) is 0 Å². The average Bonchev–Trinajstić information content (AvgIpc) is 2.76. The maximum absolute atomic E-state index is 11.6. The van der Waals surface area contributed by atoms with Crippen molar-refractivity contribution in [2.75, 3.05) is 5.32 Å². The molecule has 78 valence electrons. The van der Waals surface area contributed by atoms with Gasteiger partial charge in [0.05, 0.1) is 5.69 Å². The van der Waals surface area contributed by atoms with Gasteiger partial charge in [-0.25, -0.2) is 9.78 Å². The van der Waals surface area contributed by atoms with E-state index in [-0.39, 0.29) is 6.03 Å². The second-order valence-corrected chi connectivity index (χ2v) is 3.19. The zero-order chi connectivity index (χ0) is 10.8. The first-order chi connectivity index (χ1) is 7.16. The fraction of sp³-hybridized carbons (Fsp3) is 0.222. The van der Waals surface area contributed by atoms with E-state index in [0.29, 0.717) is 5.82 Å². The zero-order valence-electron chi connectivity index (χ0n) is 8.51. The van der Waals surface area contributed by atoms with Gasteiger partial charge in [-0.15, -0.1) is 0 Å². The molecule has 0 radical (unpaired) electrons. The van der Waals surface area contributed by atoms with Gasteiger partial charge in [0.15, 0.2) is 0 Å². The van der Waals surface area contributed by atoms with Crippen molar-refractivity contribution in [3.05, 3.63) is 30.5 Å². The Labute approximate surface area is 86.5 Å². The van der Waals surface area contributed by atoms with Gasteiger partial charge in [-0.1, -0.05) is 0 Å². The Bertz CT molecular complexity index is 471. The highest BCUT2D eigenvalue weighted by molar-refractivity contribution is 5.90. The second-order valence-electron chi connectivity index (χ2n) is 3.19. The zero-order valence-corrected chi connectivity index (χ0v) is 8.51. The molecule has 2 aromatic rings. The smallest absolute Gasteiger partial charge is 0.292 e. The molecule has 0 bridgehead atoms. The van der Waals surface area contributed by atoms with Gasteiger partial charge >= 0.3 is 6.03 Å². The van der Waals surface area contributed by atoms with E-state index < -0.39 is 0 Å². The van der Waals surface area contributed by atoms with E-state index in [1.807, 2.05) is 6.92 Å². The number of nitrogens with zero attached hydrogens (tertiary/aromatic N) is 4. The molecular weight excluding hydrogens is 194 g/mol. The van der Waals surface area contributed by atoms with E-state index in [2.05, 4.69) is 15.4 Å². The Kier molecular flexibility index (Phi) is 2.24. The number of hydrogen-bond donors (Lipinski definition) is 1. The molecule has 0 aromatic carbocycles. The van der Waals surface area contributed by atoms with Crippen LogP contribution in [0.4, 0.5) is 10.6 Å². The summed E-state index contributed by atoms with van der Waals surface area (Å²) < 4.78 is 2.98. The van der Waals surface area contributed by atoms with Crippen LogP contribution in [-0.4, -0.2) is 25.4 Å². The lowest BCUT2D eigenvalue weighted by Crippen LogP contribution is -2.19. The summed E-state index contributed by atoms with van der Waals surface area (Å²) in [6, 6.07) is 1.55. The summed E-state index contributed by atoms with van der Waals surface area (Å²) in [5.41, 5.74) is 0.860. The first kappa shape index (κ1) is 9.45. The van der Waals surface area contributed by atoms with Crippen LogP contribution >= 0.6 is 0 Å². The van der Waals surface area contributed by atoms with E-state index in [0.717, 1.165) is 5.69 Å². The maximum atomic E-state index is 11.6. The summed E-state index contributed by atoms with van der Waals surface area (Å²) in [4.78, 5) is 15.4. The van der Waals surface area contributed by atoms with Gasteiger partial charge in [-0.2, -0.15) is 5.10 Å². The first-order valence-corrected chi connectivity index (χ1v) is 4.47. The molecule has 2 aromatic heterocycles. The predicted octanol–water partition coefficient (Wildman–Crippen LogP) is 1.01. The quantitative estimate of drug-likeness (QED) is 0.755. The maximum Gasteiger partial charge on any atom is 0.332 e. The van der Waals surface area contributed by atoms with Crippen LogP contribution in [-0.2, 0) is 7.05 Å². The third-order valence-corrected chi connectivity index (χ3v) is 1.98. The van der Waals surface area contributed by atoms with Crippen LogP contribution in [0.1, 0.15) is 5.69 Å². The molecule has 6 heteroatoms. The van der Waals surface area contributed by atoms with Crippen molar-refractivity contribution >= 4 is 11.8 Å². The molecule has 0 saturated heterocycles. The molecule has 0 spiro atoms. The van der Waals surface area contributed by atoms with Gasteiger partial charge in [0.1, 0.15) is 12.1 Å². The Balaban J connectivity index is 2.16. The van der Waals surface area contributed by atoms with Gasteiger partial charge in [-0.3, -0.25) is 14.6 Å². The monoisotopic (exact) mass is 205 g/mol. The van der Waals surface area contributed by atoms with Crippen LogP contribution in [0.15, 0.2) is 24.8 Å². The Hall–Kier alpha value is -2.11. The highest BCUT2D eigenvalue weighted by atomic mass is 16.2. The minimum atomic E-state index is -0.254. The van der Waals surface area contributed by atoms with Crippen molar-refractivity contribution in [1.82, 2.24) is 19.3 Å². The minimum absolute atomic E-state index is 0.254. The number of imidazole rings is 1. The van der Waals surface area contributed by atoms with Gasteiger partial charge in [-0.05, 0) is 6.92 Å². The van der Waals surface area contributed by atoms with Crippen LogP contribution in [0, 0.1) is 6.92 Å². The predicted molar refractivity (Wildman–Crippen MR) is 54.6 cm³/mol. The molecule has 15 heavy (non-hydrogen) atoms. The molecule has 1 amide bonds. The molecule has 0 atom stereocenters. The average molecular weight is 205 g/mol. The minimum Gasteiger partial charge on any atom is -0.292 e. The van der Waals surface area contributed by atoms with Crippen molar-refractivity contribution in [3.63, 3.8) is 0 Å². The van der Waals surface area contributed by atoms with Gasteiger partial charge in [0.2, 0.25) is 0 Å². The SMILES string of the molecule is Cc1cc(NC(=O)n2ccnc2)n(C)n1. The van der Waals surface area contributed by atoms with E-state index in [1.54, 1.807) is 30.2 Å². The summed E-state index contributed by atoms with van der Waals surface area (Å²) in [7, 11) is 1.77. The number of hydrogen-bond acceptors (Lipinski definition) is 3. The van der Waals surface area contributed by atoms with Crippen LogP contribution in [0.25, 0.3) is 0 Å². The molecule has 0 saturated carbocycles. The van der Waals surface area contributed by atoms with Gasteiger partial charge < -0.3 is 0 Å². The van der Waals surface area contributed by atoms with Crippen molar-refractivity contribution in [1.29, 1.82) is 0 Å². The number of aryl methyl sites for hydroxylation is 2. The number of aromatic nitrogens is 4. The number of amides is 1. The van der Waals surface area contributed by atoms with Crippen LogP contribution in [0.2, 0.25) is 0 Å². The molecule has 0 aliphatic heterocycles. The largest absolute Gasteiger partial charge is 0.332 e. The molecule has 0 unspecified atom stereocenters. The number of nitrogens with one attached hydrogen (secondary N) is 1. The number of anilines is 1. The lowest BCUT2D eigenvalue weighted by atomic mass is 10.5. The van der Waals surface area contributed by atoms with Crippen LogP contribution in [0.5, 0.6) is 0 Å². The van der Waals surface area contributed by atoms with E-state index >= 15 is 0 Å². The summed E-state index contributed by atoms with van der Waals surface area (Å²) in [6.45, 7) is 1.87. The molecule has 6 nitrogen and oxygen atoms in total. The van der Waals surface area contributed by atoms with Crippen molar-refractivity contribution in [2.45, 2.75) is 6.92 Å². The molecule has 1 N–H and O–H groups in total. The summed E-state index contributed by atoms with van der Waals surface area (Å²) in [6.07, 6.45) is 4.57. The summed E-state index contributed by atoms with van der Waals surface area (Å²) in [5, 5.41) is 6.84. The van der Waals surface area contributed by atoms with Crippen LogP contribution in [0.3, 0.4) is 0 Å². The Morgan fingerprint density at radius 1 is 1.53 bits per heavy atom. The fourth-order valence-electron chi connectivity index (χ4n) is 1.28. The fourth-order valence-corrected chi connectivity index (χ4v) is 1.28. The number of carbonyl (C=O) groups excluding carboxylic acids is 1. The van der Waals surface area contributed by atoms with E-state index in [4.69, 9.17) is 0 Å². The van der Waals surface area contributed by atoms with E-state index in [9.17, 15) is 4.79 Å². The molecular formula is C9H11N5O.